The first-order valence-electron chi connectivity index (χ1n) is 7.09. The van der Waals surface area contributed by atoms with Crippen molar-refractivity contribution in [2.75, 3.05) is 19.8 Å². The Morgan fingerprint density at radius 1 is 1.43 bits per heavy atom. The lowest BCUT2D eigenvalue weighted by Crippen LogP contribution is -2.25. The number of ether oxygens (including phenoxy) is 1. The Morgan fingerprint density at radius 2 is 2.19 bits per heavy atom. The maximum absolute atomic E-state index is 11.8. The number of rotatable bonds is 9. The van der Waals surface area contributed by atoms with Crippen LogP contribution in [0.5, 0.6) is 0 Å². The monoisotopic (exact) mass is 293 g/mol. The summed E-state index contributed by atoms with van der Waals surface area (Å²) >= 11 is 0. The molecule has 0 aromatic carbocycles. The van der Waals surface area contributed by atoms with Crippen molar-refractivity contribution >= 4 is 11.7 Å². The molecule has 0 radical (unpaired) electrons. The molecule has 6 nitrogen and oxygen atoms in total. The van der Waals surface area contributed by atoms with Crippen molar-refractivity contribution < 1.29 is 14.3 Å². The highest BCUT2D eigenvalue weighted by Gasteiger charge is 2.12. The number of carbonyl (C=O) groups excluding carboxylic acids is 2. The van der Waals surface area contributed by atoms with Gasteiger partial charge in [0.05, 0.1) is 31.5 Å². The lowest BCUT2D eigenvalue weighted by Gasteiger charge is -2.05. The fourth-order valence-corrected chi connectivity index (χ4v) is 1.66. The lowest BCUT2D eigenvalue weighted by atomic mass is 10.1. The fraction of sp³-hybridized carbons (Fsp3) is 0.533. The van der Waals surface area contributed by atoms with E-state index in [0.29, 0.717) is 31.9 Å². The summed E-state index contributed by atoms with van der Waals surface area (Å²) in [6, 6.07) is 0. The summed E-state index contributed by atoms with van der Waals surface area (Å²) < 4.78 is 7.09. The van der Waals surface area contributed by atoms with Gasteiger partial charge in [-0.15, -0.1) is 0 Å². The Balaban J connectivity index is 2.19. The molecule has 0 saturated carbocycles. The number of hydrogen-bond donors (Lipinski definition) is 1. The number of Topliss-reactive ketones (excluding diaryl/α,β-unsaturated/α-hetero) is 1. The molecule has 1 aromatic rings. The van der Waals surface area contributed by atoms with E-state index in [1.54, 1.807) is 30.1 Å². The SMILES string of the molecule is C/C=C/C(=O)NCCOCCn1cc(C(=O)C(C)C)cn1. The summed E-state index contributed by atoms with van der Waals surface area (Å²) in [4.78, 5) is 22.9. The summed E-state index contributed by atoms with van der Waals surface area (Å²) in [5.74, 6) is -0.0569. The van der Waals surface area contributed by atoms with Gasteiger partial charge in [0.25, 0.3) is 0 Å². The van der Waals surface area contributed by atoms with Gasteiger partial charge >= 0.3 is 0 Å². The van der Waals surface area contributed by atoms with Crippen LogP contribution in [0.1, 0.15) is 31.1 Å². The standard InChI is InChI=1S/C15H23N3O3/c1-4-5-14(19)16-6-8-21-9-7-18-11-13(10-17-18)15(20)12(2)3/h4-5,10-12H,6-9H2,1-3H3,(H,16,19)/b5-4+. The molecule has 0 aliphatic carbocycles. The van der Waals surface area contributed by atoms with E-state index in [4.69, 9.17) is 4.74 Å². The molecule has 1 N–H and O–H groups in total. The molecule has 1 amide bonds. The highest BCUT2D eigenvalue weighted by atomic mass is 16.5. The van der Waals surface area contributed by atoms with Crippen LogP contribution in [0.25, 0.3) is 0 Å². The number of carbonyl (C=O) groups is 2. The second-order valence-corrected chi connectivity index (χ2v) is 4.91. The number of aromatic nitrogens is 2. The second kappa shape index (κ2) is 9.07. The van der Waals surface area contributed by atoms with Gasteiger partial charge in [-0.3, -0.25) is 14.3 Å². The van der Waals surface area contributed by atoms with Crippen LogP contribution >= 0.6 is 0 Å². The minimum Gasteiger partial charge on any atom is -0.378 e. The molecule has 1 rings (SSSR count). The third kappa shape index (κ3) is 6.35. The number of ketones is 1. The van der Waals surface area contributed by atoms with Crippen molar-refractivity contribution in [2.45, 2.75) is 27.3 Å². The van der Waals surface area contributed by atoms with Crippen molar-refractivity contribution in [3.63, 3.8) is 0 Å². The van der Waals surface area contributed by atoms with Gasteiger partial charge in [-0.25, -0.2) is 0 Å². The van der Waals surface area contributed by atoms with Crippen molar-refractivity contribution in [2.24, 2.45) is 5.92 Å². The normalized spacial score (nSPS) is 11.2. The van der Waals surface area contributed by atoms with Gasteiger partial charge in [-0.1, -0.05) is 19.9 Å². The molecule has 6 heteroatoms. The first-order chi connectivity index (χ1) is 10.0. The van der Waals surface area contributed by atoms with Crippen LogP contribution in [0.2, 0.25) is 0 Å². The zero-order valence-corrected chi connectivity index (χ0v) is 12.8. The topological polar surface area (TPSA) is 73.2 Å². The van der Waals surface area contributed by atoms with E-state index in [1.165, 1.54) is 6.08 Å². The van der Waals surface area contributed by atoms with Crippen LogP contribution in [0.4, 0.5) is 0 Å². The number of allylic oxidation sites excluding steroid dienone is 1. The molecular weight excluding hydrogens is 270 g/mol. The number of nitrogens with zero attached hydrogens (tertiary/aromatic N) is 2. The third-order valence-electron chi connectivity index (χ3n) is 2.77. The summed E-state index contributed by atoms with van der Waals surface area (Å²) in [7, 11) is 0. The zero-order valence-electron chi connectivity index (χ0n) is 12.8. The molecular formula is C15H23N3O3. The molecule has 0 spiro atoms. The number of hydrogen-bond acceptors (Lipinski definition) is 4. The second-order valence-electron chi connectivity index (χ2n) is 4.91. The van der Waals surface area contributed by atoms with E-state index in [0.717, 1.165) is 0 Å². The maximum atomic E-state index is 11.8. The molecule has 1 aromatic heterocycles. The van der Waals surface area contributed by atoms with Crippen molar-refractivity contribution in [1.82, 2.24) is 15.1 Å². The minimum absolute atomic E-state index is 0.0281. The Hall–Kier alpha value is -1.95. The van der Waals surface area contributed by atoms with Crippen LogP contribution in [0.15, 0.2) is 24.5 Å². The summed E-state index contributed by atoms with van der Waals surface area (Å²) in [6.07, 6.45) is 6.47. The Bertz CT molecular complexity index is 492. The molecule has 0 bridgehead atoms. The van der Waals surface area contributed by atoms with Gasteiger partial charge in [0.15, 0.2) is 5.78 Å². The highest BCUT2D eigenvalue weighted by Crippen LogP contribution is 2.06. The van der Waals surface area contributed by atoms with E-state index in [-0.39, 0.29) is 17.6 Å². The van der Waals surface area contributed by atoms with Gasteiger partial charge in [0, 0.05) is 18.7 Å². The summed E-state index contributed by atoms with van der Waals surface area (Å²) in [5.41, 5.74) is 0.628. The molecule has 0 saturated heterocycles. The highest BCUT2D eigenvalue weighted by molar-refractivity contribution is 5.96. The van der Waals surface area contributed by atoms with Gasteiger partial charge in [-0.2, -0.15) is 5.10 Å². The third-order valence-corrected chi connectivity index (χ3v) is 2.77. The molecule has 0 unspecified atom stereocenters. The van der Waals surface area contributed by atoms with E-state index in [9.17, 15) is 9.59 Å². The average molecular weight is 293 g/mol. The zero-order chi connectivity index (χ0) is 15.7. The molecule has 0 atom stereocenters. The molecule has 21 heavy (non-hydrogen) atoms. The number of nitrogens with one attached hydrogen (secondary N) is 1. The summed E-state index contributed by atoms with van der Waals surface area (Å²) in [6.45, 7) is 7.50. The van der Waals surface area contributed by atoms with Gasteiger partial charge < -0.3 is 10.1 Å². The minimum atomic E-state index is -0.120. The van der Waals surface area contributed by atoms with Crippen LogP contribution in [-0.2, 0) is 16.1 Å². The maximum Gasteiger partial charge on any atom is 0.243 e. The van der Waals surface area contributed by atoms with E-state index < -0.39 is 0 Å². The largest absolute Gasteiger partial charge is 0.378 e. The van der Waals surface area contributed by atoms with Crippen LogP contribution < -0.4 is 5.32 Å². The average Bonchev–Trinajstić information content (AvgIpc) is 2.90. The Kier molecular flexibility index (Phi) is 7.39. The van der Waals surface area contributed by atoms with Crippen molar-refractivity contribution in [1.29, 1.82) is 0 Å². The van der Waals surface area contributed by atoms with Gasteiger partial charge in [0.1, 0.15) is 0 Å². The molecule has 0 aliphatic rings. The van der Waals surface area contributed by atoms with Crippen LogP contribution in [0, 0.1) is 5.92 Å². The Morgan fingerprint density at radius 3 is 2.86 bits per heavy atom. The van der Waals surface area contributed by atoms with E-state index >= 15 is 0 Å². The smallest absolute Gasteiger partial charge is 0.243 e. The first-order valence-corrected chi connectivity index (χ1v) is 7.09. The fourth-order valence-electron chi connectivity index (χ4n) is 1.66. The predicted octanol–water partition coefficient (Wildman–Crippen LogP) is 1.43. The Labute approximate surface area is 125 Å². The molecule has 116 valence electrons. The predicted molar refractivity (Wildman–Crippen MR) is 80.0 cm³/mol. The quantitative estimate of drug-likeness (QED) is 0.425. The van der Waals surface area contributed by atoms with Crippen molar-refractivity contribution in [3.05, 3.63) is 30.1 Å². The van der Waals surface area contributed by atoms with E-state index in [1.807, 2.05) is 13.8 Å². The summed E-state index contributed by atoms with van der Waals surface area (Å²) in [5, 5.41) is 6.82. The van der Waals surface area contributed by atoms with Crippen molar-refractivity contribution in [3.8, 4) is 0 Å². The molecule has 0 aliphatic heterocycles. The van der Waals surface area contributed by atoms with Gasteiger partial charge in [-0.05, 0) is 13.0 Å². The molecule has 1 heterocycles. The van der Waals surface area contributed by atoms with E-state index in [2.05, 4.69) is 10.4 Å². The number of amides is 1. The van der Waals surface area contributed by atoms with Crippen LogP contribution in [0.3, 0.4) is 0 Å². The lowest BCUT2D eigenvalue weighted by molar-refractivity contribution is -0.116. The van der Waals surface area contributed by atoms with Crippen LogP contribution in [-0.4, -0.2) is 41.2 Å². The van der Waals surface area contributed by atoms with Gasteiger partial charge in [0.2, 0.25) is 5.91 Å². The first kappa shape index (κ1) is 17.1. The molecule has 0 fully saturated rings.